The maximum absolute atomic E-state index is 14.1. The molecule has 176 valence electrons. The van der Waals surface area contributed by atoms with Gasteiger partial charge in [0.2, 0.25) is 5.92 Å². The van der Waals surface area contributed by atoms with Crippen LogP contribution in [0.1, 0.15) is 45.1 Å². The molecule has 2 aromatic carbocycles. The summed E-state index contributed by atoms with van der Waals surface area (Å²) in [5.41, 5.74) is 3.41. The Labute approximate surface area is 198 Å². The first kappa shape index (κ1) is 25.0. The van der Waals surface area contributed by atoms with E-state index in [1.807, 2.05) is 36.4 Å². The fourth-order valence-electron chi connectivity index (χ4n) is 3.57. The number of furan rings is 1. The van der Waals surface area contributed by atoms with Crippen molar-refractivity contribution in [3.63, 3.8) is 0 Å². The molecule has 6 heteroatoms. The second-order valence-electron chi connectivity index (χ2n) is 8.15. The van der Waals surface area contributed by atoms with Crippen LogP contribution < -0.4 is 0 Å². The maximum Gasteiger partial charge on any atom is 0.333 e. The lowest BCUT2D eigenvalue weighted by molar-refractivity contribution is -0.139. The highest BCUT2D eigenvalue weighted by atomic mass is 32.2. The Morgan fingerprint density at radius 1 is 1.12 bits per heavy atom. The standard InChI is InChI=1S/C27H30F2O3S/c1-4-20-9-5-6-10-23(20)25-17-21-11-12-22(18-24(21)32-25)33-16-8-14-27(28,29)13-7-15-31-26(30)19(2)3/h5-6,9-12,17-18H,2,4,7-8,13-16H2,1,3H3. The zero-order valence-corrected chi connectivity index (χ0v) is 20.0. The first-order valence-electron chi connectivity index (χ1n) is 11.2. The van der Waals surface area contributed by atoms with Crippen LogP contribution in [0.3, 0.4) is 0 Å². The minimum atomic E-state index is -2.76. The molecule has 1 aromatic heterocycles. The Morgan fingerprint density at radius 3 is 2.64 bits per heavy atom. The van der Waals surface area contributed by atoms with Crippen molar-refractivity contribution in [3.8, 4) is 11.3 Å². The number of carbonyl (C=O) groups is 1. The van der Waals surface area contributed by atoms with Crippen molar-refractivity contribution in [1.82, 2.24) is 0 Å². The summed E-state index contributed by atoms with van der Waals surface area (Å²) >= 11 is 1.55. The van der Waals surface area contributed by atoms with E-state index in [9.17, 15) is 13.6 Å². The number of rotatable bonds is 12. The van der Waals surface area contributed by atoms with Crippen LogP contribution in [-0.2, 0) is 16.0 Å². The lowest BCUT2D eigenvalue weighted by Gasteiger charge is -2.16. The van der Waals surface area contributed by atoms with Gasteiger partial charge in [-0.15, -0.1) is 11.8 Å². The zero-order valence-electron chi connectivity index (χ0n) is 19.2. The number of thioether (sulfide) groups is 1. The molecule has 0 saturated heterocycles. The van der Waals surface area contributed by atoms with Gasteiger partial charge in [-0.1, -0.05) is 37.8 Å². The number of halogens is 2. The molecule has 3 nitrogen and oxygen atoms in total. The molecular weight excluding hydrogens is 442 g/mol. The highest BCUT2D eigenvalue weighted by Gasteiger charge is 2.27. The molecule has 3 aromatic rings. The van der Waals surface area contributed by atoms with Gasteiger partial charge in [0.05, 0.1) is 6.61 Å². The van der Waals surface area contributed by atoms with E-state index >= 15 is 0 Å². The van der Waals surface area contributed by atoms with E-state index in [4.69, 9.17) is 9.15 Å². The number of hydrogen-bond acceptors (Lipinski definition) is 4. The lowest BCUT2D eigenvalue weighted by Crippen LogP contribution is -2.17. The third kappa shape index (κ3) is 7.19. The van der Waals surface area contributed by atoms with E-state index in [-0.39, 0.29) is 31.4 Å². The van der Waals surface area contributed by atoms with Crippen molar-refractivity contribution in [2.45, 2.75) is 56.8 Å². The van der Waals surface area contributed by atoms with Gasteiger partial charge in [0.25, 0.3) is 0 Å². The largest absolute Gasteiger partial charge is 0.462 e. The van der Waals surface area contributed by atoms with Gasteiger partial charge in [0.1, 0.15) is 11.3 Å². The Morgan fingerprint density at radius 2 is 1.88 bits per heavy atom. The summed E-state index contributed by atoms with van der Waals surface area (Å²) in [4.78, 5) is 12.3. The Kier molecular flexibility index (Phi) is 8.73. The Bertz CT molecular complexity index is 1100. The van der Waals surface area contributed by atoms with Crippen LogP contribution in [0.15, 0.2) is 70.0 Å². The number of hydrogen-bond donors (Lipinski definition) is 0. The average molecular weight is 473 g/mol. The molecule has 0 radical (unpaired) electrons. The second-order valence-corrected chi connectivity index (χ2v) is 9.32. The van der Waals surface area contributed by atoms with Crippen LogP contribution in [0.25, 0.3) is 22.3 Å². The van der Waals surface area contributed by atoms with Crippen LogP contribution in [0, 0.1) is 0 Å². The van der Waals surface area contributed by atoms with Crippen molar-refractivity contribution < 1.29 is 22.7 Å². The van der Waals surface area contributed by atoms with Gasteiger partial charge in [-0.3, -0.25) is 0 Å². The zero-order chi connectivity index (χ0) is 23.8. The van der Waals surface area contributed by atoms with E-state index in [1.165, 1.54) is 12.5 Å². The minimum Gasteiger partial charge on any atom is -0.462 e. The van der Waals surface area contributed by atoms with Crippen molar-refractivity contribution in [2.75, 3.05) is 12.4 Å². The predicted octanol–water partition coefficient (Wildman–Crippen LogP) is 8.07. The van der Waals surface area contributed by atoms with E-state index in [1.54, 1.807) is 11.8 Å². The molecule has 0 amide bonds. The smallest absolute Gasteiger partial charge is 0.333 e. The van der Waals surface area contributed by atoms with Crippen LogP contribution in [0.4, 0.5) is 8.78 Å². The number of aryl methyl sites for hydroxylation is 1. The summed E-state index contributed by atoms with van der Waals surface area (Å²) in [7, 11) is 0. The minimum absolute atomic E-state index is 0.0100. The maximum atomic E-state index is 14.1. The molecule has 0 aliphatic rings. The highest BCUT2D eigenvalue weighted by molar-refractivity contribution is 7.99. The van der Waals surface area contributed by atoms with Gasteiger partial charge in [-0.05, 0) is 61.8 Å². The molecule has 33 heavy (non-hydrogen) atoms. The summed E-state index contributed by atoms with van der Waals surface area (Å²) in [6.07, 6.45) is 0.988. The van der Waals surface area contributed by atoms with Crippen molar-refractivity contribution in [3.05, 3.63) is 66.2 Å². The molecule has 0 N–H and O–H groups in total. The molecule has 0 bridgehead atoms. The van der Waals surface area contributed by atoms with E-state index in [2.05, 4.69) is 25.6 Å². The number of ether oxygens (including phenoxy) is 1. The lowest BCUT2D eigenvalue weighted by atomic mass is 10.0. The number of esters is 1. The van der Waals surface area contributed by atoms with Crippen molar-refractivity contribution in [2.24, 2.45) is 0 Å². The molecule has 0 unspecified atom stereocenters. The molecule has 0 fully saturated rings. The fraction of sp³-hybridized carbons (Fsp3) is 0.370. The summed E-state index contributed by atoms with van der Waals surface area (Å²) in [6, 6.07) is 16.3. The summed E-state index contributed by atoms with van der Waals surface area (Å²) in [6.45, 7) is 7.11. The topological polar surface area (TPSA) is 39.4 Å². The molecule has 0 aliphatic heterocycles. The molecule has 3 rings (SSSR count). The molecule has 0 atom stereocenters. The van der Waals surface area contributed by atoms with Gasteiger partial charge in [-0.25, -0.2) is 13.6 Å². The van der Waals surface area contributed by atoms with Crippen molar-refractivity contribution in [1.29, 1.82) is 0 Å². The van der Waals surface area contributed by atoms with Gasteiger partial charge in [0.15, 0.2) is 0 Å². The number of carbonyl (C=O) groups excluding carboxylic acids is 1. The Hall–Kier alpha value is -2.60. The molecule has 0 aliphatic carbocycles. The fourth-order valence-corrected chi connectivity index (χ4v) is 4.45. The third-order valence-electron chi connectivity index (χ3n) is 5.38. The van der Waals surface area contributed by atoms with Crippen LogP contribution >= 0.6 is 11.8 Å². The quantitative estimate of drug-likeness (QED) is 0.116. The van der Waals surface area contributed by atoms with Crippen LogP contribution in [0.2, 0.25) is 0 Å². The number of benzene rings is 2. The van der Waals surface area contributed by atoms with E-state index in [0.29, 0.717) is 12.2 Å². The summed E-state index contributed by atoms with van der Waals surface area (Å²) in [5.74, 6) is -1.86. The first-order chi connectivity index (χ1) is 15.8. The summed E-state index contributed by atoms with van der Waals surface area (Å²) in [5, 5.41) is 1.03. The van der Waals surface area contributed by atoms with E-state index < -0.39 is 11.9 Å². The van der Waals surface area contributed by atoms with Gasteiger partial charge in [-0.2, -0.15) is 0 Å². The van der Waals surface area contributed by atoms with E-state index in [0.717, 1.165) is 33.6 Å². The van der Waals surface area contributed by atoms with Crippen LogP contribution in [-0.4, -0.2) is 24.3 Å². The molecule has 0 spiro atoms. The summed E-state index contributed by atoms with van der Waals surface area (Å²) < 4.78 is 39.2. The number of fused-ring (bicyclic) bond motifs is 1. The normalized spacial score (nSPS) is 11.6. The molecule has 1 heterocycles. The van der Waals surface area contributed by atoms with Gasteiger partial charge in [0, 0.05) is 34.3 Å². The number of alkyl halides is 2. The predicted molar refractivity (Wildman–Crippen MR) is 131 cm³/mol. The second kappa shape index (κ2) is 11.5. The van der Waals surface area contributed by atoms with Gasteiger partial charge < -0.3 is 9.15 Å². The first-order valence-corrected chi connectivity index (χ1v) is 12.2. The average Bonchev–Trinajstić information content (AvgIpc) is 3.22. The highest BCUT2D eigenvalue weighted by Crippen LogP contribution is 2.33. The molecule has 0 saturated carbocycles. The van der Waals surface area contributed by atoms with Crippen molar-refractivity contribution >= 4 is 28.7 Å². The Balaban J connectivity index is 1.48. The van der Waals surface area contributed by atoms with Crippen LogP contribution in [0.5, 0.6) is 0 Å². The molecular formula is C27H30F2O3S. The van der Waals surface area contributed by atoms with Gasteiger partial charge >= 0.3 is 5.97 Å². The monoisotopic (exact) mass is 472 g/mol. The third-order valence-corrected chi connectivity index (χ3v) is 6.46. The SMILES string of the molecule is C=C(C)C(=O)OCCCC(F)(F)CCCSc1ccc2cc(-c3ccccc3CC)oc2c1.